The molecule has 0 saturated heterocycles. The lowest BCUT2D eigenvalue weighted by atomic mass is 10.1. The van der Waals surface area contributed by atoms with Gasteiger partial charge >= 0.3 is 0 Å². The quantitative estimate of drug-likeness (QED) is 0.396. The molecule has 0 aliphatic carbocycles. The van der Waals surface area contributed by atoms with Gasteiger partial charge in [-0.3, -0.25) is 10.4 Å². The van der Waals surface area contributed by atoms with E-state index >= 15 is 0 Å². The van der Waals surface area contributed by atoms with Crippen LogP contribution >= 0.6 is 12.2 Å². The zero-order valence-electron chi connectivity index (χ0n) is 14.2. The number of para-hydroxylation sites is 1. The molecular weight excluding hydrogens is 348 g/mol. The molecule has 6 nitrogen and oxygen atoms in total. The molecular formula is C19H18N4O2S. The van der Waals surface area contributed by atoms with Gasteiger partial charge in [0, 0.05) is 6.20 Å². The number of furan rings is 1. The molecule has 26 heavy (non-hydrogen) atoms. The van der Waals surface area contributed by atoms with Crippen LogP contribution in [0.2, 0.25) is 0 Å². The lowest BCUT2D eigenvalue weighted by molar-refractivity contribution is 0.414. The summed E-state index contributed by atoms with van der Waals surface area (Å²) < 4.78 is 11.1. The van der Waals surface area contributed by atoms with Gasteiger partial charge in [-0.1, -0.05) is 18.2 Å². The van der Waals surface area contributed by atoms with Crippen LogP contribution in [0.5, 0.6) is 5.75 Å². The van der Waals surface area contributed by atoms with Crippen LogP contribution in [0.3, 0.4) is 0 Å². The van der Waals surface area contributed by atoms with Crippen molar-refractivity contribution in [2.45, 2.75) is 6.54 Å². The molecule has 0 aliphatic heterocycles. The van der Waals surface area contributed by atoms with Crippen molar-refractivity contribution in [1.29, 1.82) is 0 Å². The zero-order chi connectivity index (χ0) is 18.2. The predicted molar refractivity (Wildman–Crippen MR) is 105 cm³/mol. The van der Waals surface area contributed by atoms with Gasteiger partial charge in [-0.25, -0.2) is 0 Å². The number of benzene rings is 1. The Labute approximate surface area is 156 Å². The second-order valence-corrected chi connectivity index (χ2v) is 5.68. The van der Waals surface area contributed by atoms with Crippen molar-refractivity contribution in [3.05, 3.63) is 72.2 Å². The lowest BCUT2D eigenvalue weighted by Gasteiger charge is -2.05. The van der Waals surface area contributed by atoms with E-state index in [9.17, 15) is 0 Å². The third-order valence-electron chi connectivity index (χ3n) is 3.51. The topological polar surface area (TPSA) is 71.7 Å². The van der Waals surface area contributed by atoms with Gasteiger partial charge < -0.3 is 14.5 Å². The number of hydrogen-bond donors (Lipinski definition) is 2. The van der Waals surface area contributed by atoms with E-state index in [1.165, 1.54) is 0 Å². The number of methoxy groups -OCH3 is 1. The van der Waals surface area contributed by atoms with E-state index < -0.39 is 0 Å². The fourth-order valence-electron chi connectivity index (χ4n) is 2.28. The average molecular weight is 366 g/mol. The molecule has 3 rings (SSSR count). The van der Waals surface area contributed by atoms with E-state index in [1.54, 1.807) is 19.5 Å². The van der Waals surface area contributed by atoms with Gasteiger partial charge in [-0.05, 0) is 48.6 Å². The monoisotopic (exact) mass is 366 g/mol. The third kappa shape index (κ3) is 4.67. The summed E-state index contributed by atoms with van der Waals surface area (Å²) in [4.78, 5) is 4.21. The van der Waals surface area contributed by atoms with Gasteiger partial charge in [0.05, 0.1) is 31.1 Å². The molecule has 0 radical (unpaired) electrons. The Kier molecular flexibility index (Phi) is 5.95. The van der Waals surface area contributed by atoms with Crippen molar-refractivity contribution in [3.8, 4) is 17.1 Å². The van der Waals surface area contributed by atoms with Crippen molar-refractivity contribution in [2.24, 2.45) is 5.10 Å². The molecule has 2 heterocycles. The van der Waals surface area contributed by atoms with E-state index in [-0.39, 0.29) is 0 Å². The molecule has 1 aromatic carbocycles. The first kappa shape index (κ1) is 17.6. The number of aromatic nitrogens is 1. The molecule has 0 amide bonds. The maximum absolute atomic E-state index is 5.78. The van der Waals surface area contributed by atoms with E-state index in [0.29, 0.717) is 23.2 Å². The van der Waals surface area contributed by atoms with E-state index in [1.807, 2.05) is 54.6 Å². The van der Waals surface area contributed by atoms with Crippen LogP contribution in [0, 0.1) is 0 Å². The fraction of sp³-hybridized carbons (Fsp3) is 0.105. The Bertz CT molecular complexity index is 893. The molecule has 2 N–H and O–H groups in total. The second kappa shape index (κ2) is 8.77. The van der Waals surface area contributed by atoms with Crippen LogP contribution in [0.1, 0.15) is 11.5 Å². The van der Waals surface area contributed by atoms with Crippen LogP contribution < -0.4 is 15.5 Å². The number of nitrogens with zero attached hydrogens (tertiary/aromatic N) is 2. The molecule has 0 atom stereocenters. The molecule has 0 fully saturated rings. The standard InChI is InChI=1S/C19H18N4O2S/c1-24-17-8-3-2-7-16(17)18-10-9-15(25-18)13-22-23-19(26)21-12-14-6-4-5-11-20-14/h2-11,13H,12H2,1H3,(H2,21,23,26)/b22-13+. The number of ether oxygens (including phenoxy) is 1. The van der Waals surface area contributed by atoms with Gasteiger partial charge in [0.15, 0.2) is 5.11 Å². The van der Waals surface area contributed by atoms with Crippen LogP contribution in [-0.4, -0.2) is 23.4 Å². The molecule has 0 bridgehead atoms. The summed E-state index contributed by atoms with van der Waals surface area (Å²) in [5, 5.41) is 7.51. The normalized spacial score (nSPS) is 10.7. The van der Waals surface area contributed by atoms with Crippen LogP contribution in [-0.2, 0) is 6.54 Å². The number of hydrogen-bond acceptors (Lipinski definition) is 5. The van der Waals surface area contributed by atoms with Crippen LogP contribution in [0.4, 0.5) is 0 Å². The number of nitrogens with one attached hydrogen (secondary N) is 2. The van der Waals surface area contributed by atoms with Crippen molar-refractivity contribution in [1.82, 2.24) is 15.7 Å². The summed E-state index contributed by atoms with van der Waals surface area (Å²) in [5.74, 6) is 2.06. The largest absolute Gasteiger partial charge is 0.496 e. The number of pyridine rings is 1. The van der Waals surface area contributed by atoms with Gasteiger partial charge in [-0.2, -0.15) is 5.10 Å². The van der Waals surface area contributed by atoms with E-state index in [0.717, 1.165) is 17.0 Å². The highest BCUT2D eigenvalue weighted by Crippen LogP contribution is 2.30. The number of thiocarbonyl (C=S) groups is 1. The third-order valence-corrected chi connectivity index (χ3v) is 3.75. The van der Waals surface area contributed by atoms with Crippen molar-refractivity contribution >= 4 is 23.5 Å². The molecule has 2 aromatic heterocycles. The Hall–Kier alpha value is -3.19. The molecule has 3 aromatic rings. The van der Waals surface area contributed by atoms with E-state index in [4.69, 9.17) is 21.4 Å². The summed E-state index contributed by atoms with van der Waals surface area (Å²) in [6, 6.07) is 17.1. The zero-order valence-corrected chi connectivity index (χ0v) is 15.0. The van der Waals surface area contributed by atoms with Crippen molar-refractivity contribution in [2.75, 3.05) is 7.11 Å². The molecule has 7 heteroatoms. The maximum atomic E-state index is 5.78. The summed E-state index contributed by atoms with van der Waals surface area (Å²) in [7, 11) is 1.63. The van der Waals surface area contributed by atoms with Gasteiger partial charge in [0.25, 0.3) is 0 Å². The fourth-order valence-corrected chi connectivity index (χ4v) is 2.41. The highest BCUT2D eigenvalue weighted by Gasteiger charge is 2.08. The minimum Gasteiger partial charge on any atom is -0.496 e. The molecule has 0 spiro atoms. The van der Waals surface area contributed by atoms with E-state index in [2.05, 4.69) is 20.8 Å². The number of hydrazone groups is 1. The summed E-state index contributed by atoms with van der Waals surface area (Å²) in [6.45, 7) is 0.529. The average Bonchev–Trinajstić information content (AvgIpc) is 3.16. The summed E-state index contributed by atoms with van der Waals surface area (Å²) in [5.41, 5.74) is 4.53. The Balaban J connectivity index is 1.54. The molecule has 132 valence electrons. The summed E-state index contributed by atoms with van der Waals surface area (Å²) >= 11 is 5.17. The minimum absolute atomic E-state index is 0.406. The maximum Gasteiger partial charge on any atom is 0.187 e. The number of rotatable bonds is 6. The van der Waals surface area contributed by atoms with Gasteiger partial charge in [0.2, 0.25) is 0 Å². The molecule has 0 unspecified atom stereocenters. The Morgan fingerprint density at radius 1 is 1.19 bits per heavy atom. The first-order valence-electron chi connectivity index (χ1n) is 7.96. The molecule has 0 saturated carbocycles. The Morgan fingerprint density at radius 3 is 2.85 bits per heavy atom. The second-order valence-electron chi connectivity index (χ2n) is 5.28. The Morgan fingerprint density at radius 2 is 2.04 bits per heavy atom. The predicted octanol–water partition coefficient (Wildman–Crippen LogP) is 3.35. The SMILES string of the molecule is COc1ccccc1-c1ccc(/C=N/NC(=S)NCc2ccccn2)o1. The van der Waals surface area contributed by atoms with Gasteiger partial charge in [-0.15, -0.1) is 0 Å². The van der Waals surface area contributed by atoms with Crippen molar-refractivity contribution < 1.29 is 9.15 Å². The lowest BCUT2D eigenvalue weighted by Crippen LogP contribution is -2.31. The highest BCUT2D eigenvalue weighted by molar-refractivity contribution is 7.80. The first-order chi connectivity index (χ1) is 12.8. The van der Waals surface area contributed by atoms with Crippen molar-refractivity contribution in [3.63, 3.8) is 0 Å². The molecule has 0 aliphatic rings. The van der Waals surface area contributed by atoms with Gasteiger partial charge in [0.1, 0.15) is 17.3 Å². The first-order valence-corrected chi connectivity index (χ1v) is 8.37. The summed E-state index contributed by atoms with van der Waals surface area (Å²) in [6.07, 6.45) is 3.30. The van der Waals surface area contributed by atoms with Crippen LogP contribution in [0.15, 0.2) is 70.3 Å². The highest BCUT2D eigenvalue weighted by atomic mass is 32.1. The van der Waals surface area contributed by atoms with Crippen LogP contribution in [0.25, 0.3) is 11.3 Å². The minimum atomic E-state index is 0.406. The smallest absolute Gasteiger partial charge is 0.187 e.